The van der Waals surface area contributed by atoms with Crippen molar-refractivity contribution in [3.8, 4) is 67.5 Å². The summed E-state index contributed by atoms with van der Waals surface area (Å²) in [4.78, 5) is 15.4. The molecule has 0 fully saturated rings. The number of hydrogen-bond acceptors (Lipinski definition) is 4. The van der Waals surface area contributed by atoms with Crippen LogP contribution in [0.1, 0.15) is 0 Å². The van der Waals surface area contributed by atoms with E-state index in [-0.39, 0.29) is 0 Å². The van der Waals surface area contributed by atoms with Crippen molar-refractivity contribution in [1.82, 2.24) is 15.0 Å². The van der Waals surface area contributed by atoms with Crippen molar-refractivity contribution in [2.24, 2.45) is 0 Å². The molecule has 2 aromatic heterocycles. The smallest absolute Gasteiger partial charge is 0.164 e. The van der Waals surface area contributed by atoms with E-state index < -0.39 is 0 Å². The Kier molecular flexibility index (Phi) is 5.54. The molecular weight excluding hydrogens is 574 g/mol. The summed E-state index contributed by atoms with van der Waals surface area (Å²) in [5.41, 5.74) is 11.7. The van der Waals surface area contributed by atoms with E-state index in [0.29, 0.717) is 17.5 Å². The second-order valence-corrected chi connectivity index (χ2v) is 12.0. The van der Waals surface area contributed by atoms with Crippen LogP contribution in [0.2, 0.25) is 0 Å². The van der Waals surface area contributed by atoms with Crippen LogP contribution in [0.5, 0.6) is 0 Å². The fourth-order valence-electron chi connectivity index (χ4n) is 7.11. The topological polar surface area (TPSA) is 51.8 Å². The Bertz CT molecular complexity index is 2680. The van der Waals surface area contributed by atoms with Gasteiger partial charge in [0.1, 0.15) is 11.2 Å². The Balaban J connectivity index is 1.23. The zero-order valence-electron chi connectivity index (χ0n) is 25.2. The summed E-state index contributed by atoms with van der Waals surface area (Å²) < 4.78 is 6.38. The molecule has 0 saturated heterocycles. The van der Waals surface area contributed by atoms with Gasteiger partial charge in [0, 0.05) is 27.5 Å². The predicted octanol–water partition coefficient (Wildman–Crippen LogP) is 11.2. The standard InChI is InChI=1S/C43H25N3O/c1-3-11-26(12-4-1)28-21-22-37-36(24-28)40-34(19-10-20-38(40)47-37)43-45-41(27-13-5-2-6-14-27)44-42(46-43)30-23-29-15-9-18-33-31-16-7-8-17-32(31)35(25-30)39(29)33/h1-25H. The zero-order valence-corrected chi connectivity index (χ0v) is 25.2. The summed E-state index contributed by atoms with van der Waals surface area (Å²) in [7, 11) is 0. The van der Waals surface area contributed by atoms with Crippen LogP contribution >= 0.6 is 0 Å². The molecule has 0 aliphatic heterocycles. The van der Waals surface area contributed by atoms with E-state index in [1.807, 2.05) is 48.5 Å². The minimum Gasteiger partial charge on any atom is -0.456 e. The van der Waals surface area contributed by atoms with Crippen LogP contribution < -0.4 is 0 Å². The third-order valence-corrected chi connectivity index (χ3v) is 9.25. The molecule has 4 nitrogen and oxygen atoms in total. The van der Waals surface area contributed by atoms with Gasteiger partial charge in [-0.25, -0.2) is 15.0 Å². The first-order valence-corrected chi connectivity index (χ1v) is 15.8. The maximum atomic E-state index is 6.38. The van der Waals surface area contributed by atoms with Crippen molar-refractivity contribution in [2.45, 2.75) is 0 Å². The molecule has 0 amide bonds. The molecule has 10 rings (SSSR count). The number of furan rings is 1. The summed E-state index contributed by atoms with van der Waals surface area (Å²) in [6, 6.07) is 52.7. The van der Waals surface area contributed by atoms with Gasteiger partial charge >= 0.3 is 0 Å². The van der Waals surface area contributed by atoms with Crippen molar-refractivity contribution in [3.05, 3.63) is 152 Å². The number of fused-ring (bicyclic) bond motifs is 6. The van der Waals surface area contributed by atoms with Crippen LogP contribution in [-0.2, 0) is 0 Å². The fraction of sp³-hybridized carbons (Fsp3) is 0. The second-order valence-electron chi connectivity index (χ2n) is 12.0. The van der Waals surface area contributed by atoms with Gasteiger partial charge in [-0.05, 0) is 74.5 Å². The third-order valence-electron chi connectivity index (χ3n) is 9.25. The highest BCUT2D eigenvalue weighted by Crippen LogP contribution is 2.48. The number of hydrogen-bond donors (Lipinski definition) is 0. The lowest BCUT2D eigenvalue weighted by atomic mass is 9.99. The van der Waals surface area contributed by atoms with Gasteiger partial charge in [-0.15, -0.1) is 0 Å². The second kappa shape index (κ2) is 10.1. The normalized spacial score (nSPS) is 11.8. The first-order chi connectivity index (χ1) is 23.3. The monoisotopic (exact) mass is 599 g/mol. The summed E-state index contributed by atoms with van der Waals surface area (Å²) in [5, 5.41) is 4.47. The average Bonchev–Trinajstić information content (AvgIpc) is 3.68. The van der Waals surface area contributed by atoms with Crippen LogP contribution in [0, 0.1) is 0 Å². The first kappa shape index (κ1) is 25.9. The average molecular weight is 600 g/mol. The van der Waals surface area contributed by atoms with Gasteiger partial charge in [0.2, 0.25) is 0 Å². The molecule has 218 valence electrons. The molecule has 2 heterocycles. The van der Waals surface area contributed by atoms with Crippen molar-refractivity contribution < 1.29 is 4.42 Å². The lowest BCUT2D eigenvalue weighted by molar-refractivity contribution is 0.669. The van der Waals surface area contributed by atoms with E-state index in [1.165, 1.54) is 33.0 Å². The Morgan fingerprint density at radius 1 is 0.340 bits per heavy atom. The summed E-state index contributed by atoms with van der Waals surface area (Å²) >= 11 is 0. The number of rotatable bonds is 4. The predicted molar refractivity (Wildman–Crippen MR) is 191 cm³/mol. The quantitative estimate of drug-likeness (QED) is 0.202. The molecule has 0 N–H and O–H groups in total. The van der Waals surface area contributed by atoms with Crippen molar-refractivity contribution >= 4 is 32.7 Å². The third kappa shape index (κ3) is 4.05. The zero-order chi connectivity index (χ0) is 30.9. The Labute approximate surface area is 270 Å². The molecule has 0 bridgehead atoms. The molecule has 1 aliphatic rings. The largest absolute Gasteiger partial charge is 0.456 e. The molecule has 0 unspecified atom stereocenters. The molecule has 47 heavy (non-hydrogen) atoms. The highest BCUT2D eigenvalue weighted by molar-refractivity contribution is 6.16. The van der Waals surface area contributed by atoms with Crippen LogP contribution in [0.15, 0.2) is 156 Å². The highest BCUT2D eigenvalue weighted by Gasteiger charge is 2.23. The Hall–Kier alpha value is -6.39. The first-order valence-electron chi connectivity index (χ1n) is 15.8. The van der Waals surface area contributed by atoms with E-state index in [1.54, 1.807) is 0 Å². The van der Waals surface area contributed by atoms with Crippen LogP contribution in [0.3, 0.4) is 0 Å². The van der Waals surface area contributed by atoms with Gasteiger partial charge < -0.3 is 4.42 Å². The molecule has 0 atom stereocenters. The molecule has 9 aromatic rings. The number of benzene rings is 7. The van der Waals surface area contributed by atoms with Crippen LogP contribution in [0.4, 0.5) is 0 Å². The minimum atomic E-state index is 0.609. The molecule has 0 saturated carbocycles. The van der Waals surface area contributed by atoms with E-state index in [2.05, 4.69) is 103 Å². The Morgan fingerprint density at radius 3 is 1.79 bits per heavy atom. The lowest BCUT2D eigenvalue weighted by Gasteiger charge is -2.11. The molecule has 0 spiro atoms. The number of aromatic nitrogens is 3. The van der Waals surface area contributed by atoms with Gasteiger partial charge in [-0.3, -0.25) is 0 Å². The maximum Gasteiger partial charge on any atom is 0.164 e. The van der Waals surface area contributed by atoms with Crippen molar-refractivity contribution in [3.63, 3.8) is 0 Å². The summed E-state index contributed by atoms with van der Waals surface area (Å²) in [6.07, 6.45) is 0. The van der Waals surface area contributed by atoms with E-state index in [4.69, 9.17) is 19.4 Å². The molecule has 4 heteroatoms. The van der Waals surface area contributed by atoms with Gasteiger partial charge in [0.25, 0.3) is 0 Å². The van der Waals surface area contributed by atoms with Gasteiger partial charge in [0.05, 0.1) is 0 Å². The minimum absolute atomic E-state index is 0.609. The number of nitrogens with zero attached hydrogens (tertiary/aromatic N) is 3. The summed E-state index contributed by atoms with van der Waals surface area (Å²) in [6.45, 7) is 0. The van der Waals surface area contributed by atoms with Crippen LogP contribution in [0.25, 0.3) is 100 Å². The summed E-state index contributed by atoms with van der Waals surface area (Å²) in [5.74, 6) is 1.88. The maximum absolute atomic E-state index is 6.38. The van der Waals surface area contributed by atoms with Gasteiger partial charge in [-0.1, -0.05) is 121 Å². The van der Waals surface area contributed by atoms with Crippen molar-refractivity contribution in [2.75, 3.05) is 0 Å². The van der Waals surface area contributed by atoms with E-state index in [0.717, 1.165) is 49.8 Å². The van der Waals surface area contributed by atoms with E-state index in [9.17, 15) is 0 Å². The fourth-order valence-corrected chi connectivity index (χ4v) is 7.11. The van der Waals surface area contributed by atoms with Crippen molar-refractivity contribution in [1.29, 1.82) is 0 Å². The van der Waals surface area contributed by atoms with Gasteiger partial charge in [-0.2, -0.15) is 0 Å². The highest BCUT2D eigenvalue weighted by atomic mass is 16.3. The molecular formula is C43H25N3O. The van der Waals surface area contributed by atoms with Gasteiger partial charge in [0.15, 0.2) is 17.5 Å². The molecule has 1 aliphatic carbocycles. The van der Waals surface area contributed by atoms with Crippen LogP contribution in [-0.4, -0.2) is 15.0 Å². The van der Waals surface area contributed by atoms with E-state index >= 15 is 0 Å². The Morgan fingerprint density at radius 2 is 0.979 bits per heavy atom. The lowest BCUT2D eigenvalue weighted by Crippen LogP contribution is -2.00. The molecule has 7 aromatic carbocycles. The SMILES string of the molecule is c1ccc(-c2ccc3oc4cccc(-c5nc(-c6ccccc6)nc(-c6cc7c8c(cccc8c6)-c6ccccc6-7)n5)c4c3c2)cc1. The molecule has 0 radical (unpaired) electrons.